The molecule has 0 radical (unpaired) electrons. The summed E-state index contributed by atoms with van der Waals surface area (Å²) in [5, 5.41) is 8.38. The van der Waals surface area contributed by atoms with Crippen LogP contribution in [0.4, 0.5) is 0 Å². The Morgan fingerprint density at radius 1 is 1.75 bits per heavy atom. The Morgan fingerprint density at radius 2 is 2.50 bits per heavy atom. The van der Waals surface area contributed by atoms with Gasteiger partial charge in [-0.25, -0.2) is 0 Å². The molecule has 1 saturated heterocycles. The first-order valence-corrected chi connectivity index (χ1v) is 4.25. The van der Waals surface area contributed by atoms with Gasteiger partial charge in [-0.15, -0.1) is 0 Å². The fourth-order valence-corrected chi connectivity index (χ4v) is 1.49. The fourth-order valence-electron chi connectivity index (χ4n) is 1.49. The third kappa shape index (κ3) is 3.05. The number of carboxylic acid groups (broad SMARTS) is 1. The number of aliphatic carboxylic acids is 1. The SMILES string of the molecule is CN1CCC(/C=C\CC(=O)O)C1. The normalized spacial score (nSPS) is 25.2. The highest BCUT2D eigenvalue weighted by Gasteiger charge is 2.15. The zero-order valence-corrected chi connectivity index (χ0v) is 7.36. The van der Waals surface area contributed by atoms with Gasteiger partial charge in [0.2, 0.25) is 0 Å². The topological polar surface area (TPSA) is 40.5 Å². The second-order valence-corrected chi connectivity index (χ2v) is 3.34. The van der Waals surface area contributed by atoms with E-state index in [1.54, 1.807) is 6.08 Å². The van der Waals surface area contributed by atoms with Crippen LogP contribution in [0, 0.1) is 5.92 Å². The Labute approximate surface area is 72.7 Å². The lowest BCUT2D eigenvalue weighted by Crippen LogP contribution is -2.13. The van der Waals surface area contributed by atoms with Crippen LogP contribution < -0.4 is 0 Å². The maximum atomic E-state index is 10.2. The lowest BCUT2D eigenvalue weighted by Gasteiger charge is -2.04. The van der Waals surface area contributed by atoms with E-state index in [1.807, 2.05) is 6.08 Å². The minimum absolute atomic E-state index is 0.153. The van der Waals surface area contributed by atoms with Crippen molar-refractivity contribution in [2.45, 2.75) is 12.8 Å². The molecular formula is C9H15NO2. The number of hydrogen-bond acceptors (Lipinski definition) is 2. The molecule has 1 aliphatic heterocycles. The summed E-state index contributed by atoms with van der Waals surface area (Å²) in [5.41, 5.74) is 0. The van der Waals surface area contributed by atoms with Crippen molar-refractivity contribution >= 4 is 5.97 Å². The molecule has 0 bridgehead atoms. The lowest BCUT2D eigenvalue weighted by atomic mass is 10.1. The van der Waals surface area contributed by atoms with E-state index in [9.17, 15) is 4.79 Å². The van der Waals surface area contributed by atoms with E-state index in [1.165, 1.54) is 0 Å². The number of hydrogen-bond donors (Lipinski definition) is 1. The third-order valence-corrected chi connectivity index (χ3v) is 2.13. The van der Waals surface area contributed by atoms with Crippen LogP contribution in [-0.4, -0.2) is 36.1 Å². The molecular weight excluding hydrogens is 154 g/mol. The maximum Gasteiger partial charge on any atom is 0.307 e. The van der Waals surface area contributed by atoms with Gasteiger partial charge in [0.05, 0.1) is 6.42 Å². The van der Waals surface area contributed by atoms with E-state index >= 15 is 0 Å². The minimum Gasteiger partial charge on any atom is -0.481 e. The molecule has 0 amide bonds. The van der Waals surface area contributed by atoms with Crippen molar-refractivity contribution in [3.8, 4) is 0 Å². The van der Waals surface area contributed by atoms with Crippen LogP contribution in [0.2, 0.25) is 0 Å². The molecule has 0 aliphatic carbocycles. The average Bonchev–Trinajstić information content (AvgIpc) is 2.35. The minimum atomic E-state index is -0.752. The molecule has 1 atom stereocenters. The van der Waals surface area contributed by atoms with Gasteiger partial charge in [-0.05, 0) is 25.9 Å². The zero-order valence-electron chi connectivity index (χ0n) is 7.36. The van der Waals surface area contributed by atoms with Crippen molar-refractivity contribution in [1.29, 1.82) is 0 Å². The van der Waals surface area contributed by atoms with Gasteiger partial charge in [-0.1, -0.05) is 12.2 Å². The lowest BCUT2D eigenvalue weighted by molar-refractivity contribution is -0.136. The fraction of sp³-hybridized carbons (Fsp3) is 0.667. The molecule has 1 fully saturated rings. The van der Waals surface area contributed by atoms with Crippen LogP contribution in [0.3, 0.4) is 0 Å². The van der Waals surface area contributed by atoms with Crippen LogP contribution in [0.5, 0.6) is 0 Å². The van der Waals surface area contributed by atoms with Gasteiger partial charge in [0.1, 0.15) is 0 Å². The summed E-state index contributed by atoms with van der Waals surface area (Å²) in [4.78, 5) is 12.4. The standard InChI is InChI=1S/C9H15NO2/c1-10-6-5-8(7-10)3-2-4-9(11)12/h2-3,8H,4-7H2,1H3,(H,11,12)/b3-2-. The van der Waals surface area contributed by atoms with Crippen LogP contribution in [0.25, 0.3) is 0 Å². The number of carboxylic acids is 1. The molecule has 0 spiro atoms. The first kappa shape index (κ1) is 9.26. The van der Waals surface area contributed by atoms with Crippen LogP contribution in [0.15, 0.2) is 12.2 Å². The third-order valence-electron chi connectivity index (χ3n) is 2.13. The second kappa shape index (κ2) is 4.26. The zero-order chi connectivity index (χ0) is 8.97. The summed E-state index contributed by atoms with van der Waals surface area (Å²) in [6.07, 6.45) is 5.09. The van der Waals surface area contributed by atoms with E-state index < -0.39 is 5.97 Å². The predicted octanol–water partition coefficient (Wildman–Crippen LogP) is 0.969. The van der Waals surface area contributed by atoms with Crippen LogP contribution in [0.1, 0.15) is 12.8 Å². The molecule has 68 valence electrons. The Morgan fingerprint density at radius 3 is 3.00 bits per heavy atom. The molecule has 3 nitrogen and oxygen atoms in total. The Bertz CT molecular complexity index is 189. The highest BCUT2D eigenvalue weighted by molar-refractivity contribution is 5.68. The molecule has 1 rings (SSSR count). The van der Waals surface area contributed by atoms with E-state index in [2.05, 4.69) is 11.9 Å². The van der Waals surface area contributed by atoms with E-state index in [4.69, 9.17) is 5.11 Å². The van der Waals surface area contributed by atoms with E-state index in [0.29, 0.717) is 5.92 Å². The molecule has 1 N–H and O–H groups in total. The van der Waals surface area contributed by atoms with E-state index in [0.717, 1.165) is 19.5 Å². The van der Waals surface area contributed by atoms with Crippen molar-refractivity contribution in [1.82, 2.24) is 4.90 Å². The summed E-state index contributed by atoms with van der Waals surface area (Å²) >= 11 is 0. The monoisotopic (exact) mass is 169 g/mol. The molecule has 3 heteroatoms. The first-order valence-electron chi connectivity index (χ1n) is 4.25. The molecule has 1 unspecified atom stereocenters. The predicted molar refractivity (Wildman–Crippen MR) is 47.0 cm³/mol. The second-order valence-electron chi connectivity index (χ2n) is 3.34. The average molecular weight is 169 g/mol. The highest BCUT2D eigenvalue weighted by Crippen LogP contribution is 2.15. The van der Waals surface area contributed by atoms with Gasteiger partial charge >= 0.3 is 5.97 Å². The number of nitrogens with zero attached hydrogens (tertiary/aromatic N) is 1. The van der Waals surface area contributed by atoms with Gasteiger partial charge in [-0.3, -0.25) is 4.79 Å². The molecule has 0 aromatic carbocycles. The van der Waals surface area contributed by atoms with Crippen LogP contribution >= 0.6 is 0 Å². The molecule has 1 aliphatic rings. The van der Waals surface area contributed by atoms with Crippen molar-refractivity contribution in [2.75, 3.05) is 20.1 Å². The molecule has 0 aromatic heterocycles. The van der Waals surface area contributed by atoms with Crippen LogP contribution in [-0.2, 0) is 4.79 Å². The van der Waals surface area contributed by atoms with Crippen molar-refractivity contribution in [2.24, 2.45) is 5.92 Å². The Kier molecular flexibility index (Phi) is 3.29. The van der Waals surface area contributed by atoms with Gasteiger partial charge in [0.15, 0.2) is 0 Å². The number of likely N-dealkylation sites (tertiary alicyclic amines) is 1. The van der Waals surface area contributed by atoms with E-state index in [-0.39, 0.29) is 6.42 Å². The first-order chi connectivity index (χ1) is 5.68. The van der Waals surface area contributed by atoms with Gasteiger partial charge in [-0.2, -0.15) is 0 Å². The molecule has 12 heavy (non-hydrogen) atoms. The summed E-state index contributed by atoms with van der Waals surface area (Å²) in [5.74, 6) is -0.188. The highest BCUT2D eigenvalue weighted by atomic mass is 16.4. The van der Waals surface area contributed by atoms with Crippen molar-refractivity contribution in [3.05, 3.63) is 12.2 Å². The number of carbonyl (C=O) groups is 1. The Balaban J connectivity index is 2.22. The Hall–Kier alpha value is -0.830. The smallest absolute Gasteiger partial charge is 0.307 e. The number of rotatable bonds is 3. The summed E-state index contributed by atoms with van der Waals surface area (Å²) < 4.78 is 0. The molecule has 0 aromatic rings. The maximum absolute atomic E-state index is 10.2. The van der Waals surface area contributed by atoms with Gasteiger partial charge in [0, 0.05) is 6.54 Å². The molecule has 1 heterocycles. The van der Waals surface area contributed by atoms with Crippen molar-refractivity contribution < 1.29 is 9.90 Å². The molecule has 0 saturated carbocycles. The van der Waals surface area contributed by atoms with Crippen molar-refractivity contribution in [3.63, 3.8) is 0 Å². The van der Waals surface area contributed by atoms with Gasteiger partial charge in [0.25, 0.3) is 0 Å². The summed E-state index contributed by atoms with van der Waals surface area (Å²) in [7, 11) is 2.09. The summed E-state index contributed by atoms with van der Waals surface area (Å²) in [6.45, 7) is 2.19. The summed E-state index contributed by atoms with van der Waals surface area (Å²) in [6, 6.07) is 0. The van der Waals surface area contributed by atoms with Gasteiger partial charge < -0.3 is 10.0 Å². The quantitative estimate of drug-likeness (QED) is 0.640. The largest absolute Gasteiger partial charge is 0.481 e.